The van der Waals surface area contributed by atoms with Crippen LogP contribution in [0.5, 0.6) is 11.5 Å². The van der Waals surface area contributed by atoms with Crippen molar-refractivity contribution in [3.63, 3.8) is 0 Å². The summed E-state index contributed by atoms with van der Waals surface area (Å²) in [5.41, 5.74) is 5.15. The molecule has 0 radical (unpaired) electrons. The van der Waals surface area contributed by atoms with E-state index in [1.54, 1.807) is 4.90 Å². The molecule has 2 amide bonds. The Morgan fingerprint density at radius 1 is 1.06 bits per heavy atom. The second-order valence-electron chi connectivity index (χ2n) is 8.84. The van der Waals surface area contributed by atoms with Crippen LogP contribution in [0.2, 0.25) is 0 Å². The number of aromatic nitrogens is 1. The van der Waals surface area contributed by atoms with Crippen LogP contribution in [0.15, 0.2) is 47.0 Å². The van der Waals surface area contributed by atoms with Crippen LogP contribution in [0.25, 0.3) is 10.8 Å². The zero-order valence-electron chi connectivity index (χ0n) is 18.9. The lowest BCUT2D eigenvalue weighted by atomic mass is 10.0. The lowest BCUT2D eigenvalue weighted by Gasteiger charge is -2.20. The number of rotatable bonds is 7. The van der Waals surface area contributed by atoms with Crippen molar-refractivity contribution >= 4 is 22.8 Å². The molecule has 1 aliphatic heterocycles. The van der Waals surface area contributed by atoms with Gasteiger partial charge >= 0.3 is 6.09 Å². The Kier molecular flexibility index (Phi) is 6.00. The summed E-state index contributed by atoms with van der Waals surface area (Å²) >= 11 is 0. The molecule has 0 bridgehead atoms. The fourth-order valence-electron chi connectivity index (χ4n) is 4.94. The van der Waals surface area contributed by atoms with Crippen LogP contribution >= 0.6 is 0 Å². The van der Waals surface area contributed by atoms with Crippen LogP contribution in [0, 0.1) is 11.8 Å². The van der Waals surface area contributed by atoms with Gasteiger partial charge in [0.15, 0.2) is 18.1 Å². The maximum absolute atomic E-state index is 12.5. The number of nitrogens with two attached hydrogens (primary N) is 1. The predicted octanol–water partition coefficient (Wildman–Crippen LogP) is 3.75. The topological polar surface area (TPSA) is 117 Å². The number of hydrogen-bond donors (Lipinski definition) is 1. The molecular formula is C25H27N3O6. The molecule has 2 N–H and O–H groups in total. The summed E-state index contributed by atoms with van der Waals surface area (Å²) in [6.07, 6.45) is 1.52. The van der Waals surface area contributed by atoms with Crippen molar-refractivity contribution in [2.45, 2.75) is 32.5 Å². The Hall–Kier alpha value is -3.75. The highest BCUT2D eigenvalue weighted by molar-refractivity contribution is 5.90. The Morgan fingerprint density at radius 3 is 2.44 bits per heavy atom. The molecule has 2 fully saturated rings. The van der Waals surface area contributed by atoms with Crippen molar-refractivity contribution in [3.8, 4) is 11.5 Å². The van der Waals surface area contributed by atoms with Crippen molar-refractivity contribution in [3.05, 3.63) is 53.9 Å². The maximum Gasteiger partial charge on any atom is 0.410 e. The number of ether oxygens (including phenoxy) is 3. The number of nitrogens with zero attached hydrogens (tertiary/aromatic N) is 2. The smallest absolute Gasteiger partial charge is 0.410 e. The average Bonchev–Trinajstić information content (AvgIpc) is 3.53. The Balaban J connectivity index is 1.13. The first kappa shape index (κ1) is 22.1. The van der Waals surface area contributed by atoms with Gasteiger partial charge in [0.25, 0.3) is 5.91 Å². The van der Waals surface area contributed by atoms with E-state index in [-0.39, 0.29) is 24.2 Å². The first-order valence-corrected chi connectivity index (χ1v) is 11.5. The van der Waals surface area contributed by atoms with Gasteiger partial charge < -0.3 is 29.4 Å². The standard InChI is InChI=1S/C25H27N3O6/c1-2-31-19-5-3-15-4-6-20(8-16(15)7-19)33-21-9-17-12-28(13-18(17)10-21)25(30)32-14-22-11-23(24(26)29)27-34-22/h3-8,11,17-18,21H,2,9-10,12-14H2,1H3,(H2,26,29)/t17-,18+,21?. The van der Waals surface area contributed by atoms with Gasteiger partial charge in [-0.25, -0.2) is 4.79 Å². The fraction of sp³-hybridized carbons (Fsp3) is 0.400. The van der Waals surface area contributed by atoms with Gasteiger partial charge in [0.1, 0.15) is 11.5 Å². The van der Waals surface area contributed by atoms with E-state index in [4.69, 9.17) is 24.5 Å². The SMILES string of the molecule is CCOc1ccc2ccc(OC3C[C@@H]4CN(C(=O)OCc5cc(C(N)=O)no5)C[C@@H]4C3)cc2c1. The lowest BCUT2D eigenvalue weighted by molar-refractivity contribution is 0.0899. The molecule has 1 aliphatic carbocycles. The third kappa shape index (κ3) is 4.64. The normalized spacial score (nSPS) is 21.4. The highest BCUT2D eigenvalue weighted by Crippen LogP contribution is 2.40. The molecule has 34 heavy (non-hydrogen) atoms. The molecule has 9 nitrogen and oxygen atoms in total. The van der Waals surface area contributed by atoms with Crippen molar-refractivity contribution in [1.82, 2.24) is 10.1 Å². The number of amides is 2. The summed E-state index contributed by atoms with van der Waals surface area (Å²) in [7, 11) is 0. The average molecular weight is 466 g/mol. The number of hydrogen-bond acceptors (Lipinski definition) is 7. The highest BCUT2D eigenvalue weighted by Gasteiger charge is 2.43. The molecule has 1 saturated carbocycles. The van der Waals surface area contributed by atoms with Crippen LogP contribution in [-0.2, 0) is 11.3 Å². The van der Waals surface area contributed by atoms with E-state index in [0.29, 0.717) is 31.5 Å². The molecule has 9 heteroatoms. The van der Waals surface area contributed by atoms with E-state index in [9.17, 15) is 9.59 Å². The van der Waals surface area contributed by atoms with Gasteiger partial charge in [0, 0.05) is 19.2 Å². The maximum atomic E-state index is 12.5. The van der Waals surface area contributed by atoms with E-state index >= 15 is 0 Å². The summed E-state index contributed by atoms with van der Waals surface area (Å²) in [5.74, 6) is 2.06. The van der Waals surface area contributed by atoms with Crippen LogP contribution in [0.4, 0.5) is 4.79 Å². The molecule has 3 atom stereocenters. The zero-order chi connectivity index (χ0) is 23.7. The molecule has 2 aliphatic rings. The van der Waals surface area contributed by atoms with E-state index in [0.717, 1.165) is 35.1 Å². The van der Waals surface area contributed by atoms with E-state index < -0.39 is 12.0 Å². The van der Waals surface area contributed by atoms with Gasteiger partial charge in [-0.3, -0.25) is 4.79 Å². The number of benzene rings is 2. The predicted molar refractivity (Wildman–Crippen MR) is 123 cm³/mol. The lowest BCUT2D eigenvalue weighted by Crippen LogP contribution is -2.31. The molecule has 2 aromatic carbocycles. The Labute approximate surface area is 196 Å². The summed E-state index contributed by atoms with van der Waals surface area (Å²) in [6.45, 7) is 3.79. The van der Waals surface area contributed by atoms with Crippen LogP contribution in [0.1, 0.15) is 36.0 Å². The Bertz CT molecular complexity index is 1190. The zero-order valence-corrected chi connectivity index (χ0v) is 18.9. The molecule has 1 saturated heterocycles. The van der Waals surface area contributed by atoms with Gasteiger partial charge in [-0.1, -0.05) is 17.3 Å². The summed E-state index contributed by atoms with van der Waals surface area (Å²) in [6, 6.07) is 13.6. The van der Waals surface area contributed by atoms with Crippen LogP contribution < -0.4 is 15.2 Å². The van der Waals surface area contributed by atoms with Crippen molar-refractivity contribution in [1.29, 1.82) is 0 Å². The largest absolute Gasteiger partial charge is 0.494 e. The third-order valence-corrected chi connectivity index (χ3v) is 6.51. The number of carbonyl (C=O) groups is 2. The quantitative estimate of drug-likeness (QED) is 0.565. The van der Waals surface area contributed by atoms with E-state index in [1.165, 1.54) is 6.07 Å². The number of primary amides is 1. The van der Waals surface area contributed by atoms with Crippen molar-refractivity contribution in [2.75, 3.05) is 19.7 Å². The number of carbonyl (C=O) groups excluding carboxylic acids is 2. The molecule has 3 aromatic rings. The molecule has 5 rings (SSSR count). The molecule has 0 spiro atoms. The number of fused-ring (bicyclic) bond motifs is 2. The van der Waals surface area contributed by atoms with Crippen LogP contribution in [-0.4, -0.2) is 47.9 Å². The van der Waals surface area contributed by atoms with E-state index in [1.807, 2.05) is 25.1 Å². The number of likely N-dealkylation sites (tertiary alicyclic amines) is 1. The second-order valence-corrected chi connectivity index (χ2v) is 8.84. The minimum Gasteiger partial charge on any atom is -0.494 e. The van der Waals surface area contributed by atoms with Gasteiger partial charge in [-0.15, -0.1) is 0 Å². The molecule has 1 unspecified atom stereocenters. The third-order valence-electron chi connectivity index (χ3n) is 6.51. The monoisotopic (exact) mass is 465 g/mol. The van der Waals surface area contributed by atoms with Gasteiger partial charge in [-0.2, -0.15) is 0 Å². The molecule has 2 heterocycles. The second kappa shape index (κ2) is 9.24. The first-order valence-electron chi connectivity index (χ1n) is 11.5. The molecule has 1 aromatic heterocycles. The van der Waals surface area contributed by atoms with Crippen LogP contribution in [0.3, 0.4) is 0 Å². The fourth-order valence-corrected chi connectivity index (χ4v) is 4.94. The summed E-state index contributed by atoms with van der Waals surface area (Å²) in [5, 5.41) is 5.77. The first-order chi connectivity index (χ1) is 16.5. The highest BCUT2D eigenvalue weighted by atomic mass is 16.6. The summed E-state index contributed by atoms with van der Waals surface area (Å²) in [4.78, 5) is 25.3. The molecular weight excluding hydrogens is 438 g/mol. The van der Waals surface area contributed by atoms with Gasteiger partial charge in [0.05, 0.1) is 12.7 Å². The van der Waals surface area contributed by atoms with Crippen molar-refractivity contribution < 1.29 is 28.3 Å². The van der Waals surface area contributed by atoms with Gasteiger partial charge in [-0.05, 0) is 66.6 Å². The minimum absolute atomic E-state index is 0.00828. The van der Waals surface area contributed by atoms with Gasteiger partial charge in [0.2, 0.25) is 0 Å². The minimum atomic E-state index is -0.690. The van der Waals surface area contributed by atoms with Crippen molar-refractivity contribution in [2.24, 2.45) is 17.6 Å². The molecule has 178 valence electrons. The van der Waals surface area contributed by atoms with E-state index in [2.05, 4.69) is 23.4 Å². The Morgan fingerprint density at radius 2 is 1.76 bits per heavy atom. The summed E-state index contributed by atoms with van der Waals surface area (Å²) < 4.78 is 22.2.